The van der Waals surface area contributed by atoms with E-state index in [0.29, 0.717) is 0 Å². The highest BCUT2D eigenvalue weighted by Crippen LogP contribution is 2.34. The van der Waals surface area contributed by atoms with Crippen LogP contribution >= 0.6 is 34.8 Å². The molecule has 0 saturated carbocycles. The van der Waals surface area contributed by atoms with Crippen molar-refractivity contribution >= 4 is 46.7 Å². The molecule has 1 saturated heterocycles. The minimum atomic E-state index is -2.40. The standard InChI is InChI=1S/C31H31Cl3O8/c1-21(35)40-28-27(39-19-24-15-9-4-10-16-24)26(38-18-23-13-7-3-8-14-23)25(20-37-17-22-11-5-2-6-12-22)41-29(28)42-30(36)31(32,33)34/h2-16,25-29H,17-20H2,1H3/t25?,26-,27?,28?,29+/m0/s1. The highest BCUT2D eigenvalue weighted by atomic mass is 35.6. The first kappa shape index (κ1) is 32.2. The molecule has 1 aliphatic rings. The number of carbonyl (C=O) groups is 2. The molecule has 1 aliphatic heterocycles. The van der Waals surface area contributed by atoms with E-state index in [9.17, 15) is 9.59 Å². The zero-order valence-electron chi connectivity index (χ0n) is 22.8. The van der Waals surface area contributed by atoms with Gasteiger partial charge in [-0.1, -0.05) is 126 Å². The van der Waals surface area contributed by atoms with Crippen molar-refractivity contribution in [3.8, 4) is 0 Å². The largest absolute Gasteiger partial charge is 0.453 e. The third-order valence-corrected chi connectivity index (χ3v) is 6.78. The predicted octanol–water partition coefficient (Wildman–Crippen LogP) is 5.94. The molecular weight excluding hydrogens is 607 g/mol. The quantitative estimate of drug-likeness (QED) is 0.178. The van der Waals surface area contributed by atoms with Crippen LogP contribution in [-0.4, -0.2) is 53.0 Å². The molecule has 1 fully saturated rings. The summed E-state index contributed by atoms with van der Waals surface area (Å²) in [7, 11) is 0. The topological polar surface area (TPSA) is 89.5 Å². The van der Waals surface area contributed by atoms with Crippen LogP contribution in [0, 0.1) is 0 Å². The Labute approximate surface area is 259 Å². The normalized spacial score (nSPS) is 22.3. The van der Waals surface area contributed by atoms with Gasteiger partial charge in [0.1, 0.15) is 18.3 Å². The van der Waals surface area contributed by atoms with Crippen LogP contribution in [0.5, 0.6) is 0 Å². The van der Waals surface area contributed by atoms with Crippen LogP contribution in [-0.2, 0) is 57.8 Å². The Bertz CT molecular complexity index is 1260. The smallest absolute Gasteiger partial charge is 0.360 e. The van der Waals surface area contributed by atoms with E-state index in [1.165, 1.54) is 6.92 Å². The zero-order chi connectivity index (χ0) is 30.0. The number of esters is 2. The number of alkyl halides is 3. The Hall–Kier alpha value is -2.69. The Kier molecular flexibility index (Phi) is 12.0. The molecule has 0 N–H and O–H groups in total. The average Bonchev–Trinajstić information content (AvgIpc) is 2.97. The fourth-order valence-corrected chi connectivity index (χ4v) is 4.52. The van der Waals surface area contributed by atoms with Crippen molar-refractivity contribution < 1.29 is 38.0 Å². The van der Waals surface area contributed by atoms with Crippen molar-refractivity contribution in [2.24, 2.45) is 0 Å². The first-order chi connectivity index (χ1) is 20.2. The maximum atomic E-state index is 12.6. The van der Waals surface area contributed by atoms with E-state index in [4.69, 9.17) is 63.2 Å². The van der Waals surface area contributed by atoms with Crippen LogP contribution in [0.4, 0.5) is 0 Å². The predicted molar refractivity (Wildman–Crippen MR) is 157 cm³/mol. The number of hydrogen-bond acceptors (Lipinski definition) is 8. The SMILES string of the molecule is CC(=O)OC1C(OCc2ccccc2)[C@@H](OCc2ccccc2)C(COCc2ccccc2)O[C@@H]1OC(=O)C(Cl)(Cl)Cl. The number of benzene rings is 3. The van der Waals surface area contributed by atoms with Crippen molar-refractivity contribution in [3.05, 3.63) is 108 Å². The minimum Gasteiger partial charge on any atom is -0.453 e. The van der Waals surface area contributed by atoms with E-state index in [1.807, 2.05) is 91.0 Å². The molecular formula is C31H31Cl3O8. The highest BCUT2D eigenvalue weighted by Gasteiger charge is 2.52. The summed E-state index contributed by atoms with van der Waals surface area (Å²) in [6.45, 7) is 1.86. The number of carbonyl (C=O) groups excluding carboxylic acids is 2. The molecule has 3 aromatic rings. The van der Waals surface area contributed by atoms with Gasteiger partial charge in [-0.3, -0.25) is 4.79 Å². The summed E-state index contributed by atoms with van der Waals surface area (Å²) in [5.41, 5.74) is 2.71. The molecule has 0 radical (unpaired) electrons. The summed E-state index contributed by atoms with van der Waals surface area (Å²) in [6, 6.07) is 28.5. The van der Waals surface area contributed by atoms with Gasteiger partial charge in [-0.05, 0) is 16.7 Å². The lowest BCUT2D eigenvalue weighted by Crippen LogP contribution is -2.62. The van der Waals surface area contributed by atoms with Gasteiger partial charge in [-0.25, -0.2) is 4.79 Å². The molecule has 3 aromatic carbocycles. The Balaban J connectivity index is 1.64. The summed E-state index contributed by atoms with van der Waals surface area (Å²) < 4.78 is 33.5. The van der Waals surface area contributed by atoms with E-state index < -0.39 is 46.4 Å². The molecule has 224 valence electrons. The number of halogens is 3. The maximum absolute atomic E-state index is 12.6. The lowest BCUT2D eigenvalue weighted by molar-refractivity contribution is -0.313. The molecule has 0 spiro atoms. The van der Waals surface area contributed by atoms with Gasteiger partial charge < -0.3 is 28.4 Å². The number of rotatable bonds is 12. The average molecular weight is 638 g/mol. The molecule has 5 atom stereocenters. The van der Waals surface area contributed by atoms with Gasteiger partial charge >= 0.3 is 11.9 Å². The molecule has 11 heteroatoms. The van der Waals surface area contributed by atoms with Crippen LogP contribution in [0.15, 0.2) is 91.0 Å². The van der Waals surface area contributed by atoms with E-state index in [-0.39, 0.29) is 26.4 Å². The van der Waals surface area contributed by atoms with Gasteiger partial charge in [-0.15, -0.1) is 0 Å². The fourth-order valence-electron chi connectivity index (χ4n) is 4.39. The van der Waals surface area contributed by atoms with Gasteiger partial charge in [-0.2, -0.15) is 0 Å². The second kappa shape index (κ2) is 15.7. The summed E-state index contributed by atoms with van der Waals surface area (Å²) in [4.78, 5) is 24.8. The van der Waals surface area contributed by atoms with Gasteiger partial charge in [0.25, 0.3) is 3.79 Å². The van der Waals surface area contributed by atoms with Crippen LogP contribution in [0.25, 0.3) is 0 Å². The zero-order valence-corrected chi connectivity index (χ0v) is 25.0. The Morgan fingerprint density at radius 3 is 1.64 bits per heavy atom. The maximum Gasteiger partial charge on any atom is 0.360 e. The molecule has 1 heterocycles. The summed E-state index contributed by atoms with van der Waals surface area (Å²) in [5.74, 6) is -1.86. The molecule has 0 amide bonds. The second-order valence-electron chi connectivity index (χ2n) is 9.54. The third kappa shape index (κ3) is 9.67. The van der Waals surface area contributed by atoms with E-state index in [2.05, 4.69) is 0 Å². The molecule has 0 aromatic heterocycles. The monoisotopic (exact) mass is 636 g/mol. The first-order valence-corrected chi connectivity index (χ1v) is 14.4. The van der Waals surface area contributed by atoms with Crippen molar-refractivity contribution in [2.75, 3.05) is 6.61 Å². The molecule has 0 bridgehead atoms. The molecule has 0 aliphatic carbocycles. The van der Waals surface area contributed by atoms with Crippen LogP contribution in [0.2, 0.25) is 0 Å². The second-order valence-corrected chi connectivity index (χ2v) is 11.8. The van der Waals surface area contributed by atoms with Gasteiger partial charge in [0.05, 0.1) is 26.4 Å². The van der Waals surface area contributed by atoms with E-state index in [0.717, 1.165) is 16.7 Å². The molecule has 3 unspecified atom stereocenters. The summed E-state index contributed by atoms with van der Waals surface area (Å²) in [5, 5.41) is 0. The van der Waals surface area contributed by atoms with Gasteiger partial charge in [0, 0.05) is 6.92 Å². The summed E-state index contributed by atoms with van der Waals surface area (Å²) in [6.07, 6.45) is -5.37. The fraction of sp³-hybridized carbons (Fsp3) is 0.355. The molecule has 8 nitrogen and oxygen atoms in total. The van der Waals surface area contributed by atoms with Crippen LogP contribution < -0.4 is 0 Å². The van der Waals surface area contributed by atoms with Crippen molar-refractivity contribution in [1.29, 1.82) is 0 Å². The molecule has 42 heavy (non-hydrogen) atoms. The molecule has 4 rings (SSSR count). The van der Waals surface area contributed by atoms with Crippen molar-refractivity contribution in [3.63, 3.8) is 0 Å². The first-order valence-electron chi connectivity index (χ1n) is 13.2. The Morgan fingerprint density at radius 1 is 0.690 bits per heavy atom. The number of ether oxygens (including phenoxy) is 6. The lowest BCUT2D eigenvalue weighted by atomic mass is 9.98. The van der Waals surface area contributed by atoms with Gasteiger partial charge in [0.15, 0.2) is 6.10 Å². The minimum absolute atomic E-state index is 0.0220. The highest BCUT2D eigenvalue weighted by molar-refractivity contribution is 6.75. The van der Waals surface area contributed by atoms with Crippen molar-refractivity contribution in [2.45, 2.75) is 61.2 Å². The number of hydrogen-bond donors (Lipinski definition) is 0. The van der Waals surface area contributed by atoms with Crippen molar-refractivity contribution in [1.82, 2.24) is 0 Å². The van der Waals surface area contributed by atoms with Crippen LogP contribution in [0.3, 0.4) is 0 Å². The lowest BCUT2D eigenvalue weighted by Gasteiger charge is -2.45. The van der Waals surface area contributed by atoms with Gasteiger partial charge in [0.2, 0.25) is 6.29 Å². The van der Waals surface area contributed by atoms with E-state index >= 15 is 0 Å². The third-order valence-electron chi connectivity index (χ3n) is 6.31. The Morgan fingerprint density at radius 2 is 1.17 bits per heavy atom. The van der Waals surface area contributed by atoms with E-state index in [1.54, 1.807) is 0 Å². The summed E-state index contributed by atoms with van der Waals surface area (Å²) >= 11 is 17.3. The van der Waals surface area contributed by atoms with Crippen LogP contribution in [0.1, 0.15) is 23.6 Å².